The third-order valence-corrected chi connectivity index (χ3v) is 6.52. The standard InChI is InChI=1S/C14H16Ge/c1-3-7-13(8-4-1)11-15-12-14-9-5-2-6-10-14/h1-10H,11-12,15H2. The van der Waals surface area contributed by atoms with Gasteiger partial charge in [0.25, 0.3) is 0 Å². The molecule has 0 aliphatic carbocycles. The Morgan fingerprint density at radius 2 is 1.00 bits per heavy atom. The van der Waals surface area contributed by atoms with Crippen LogP contribution in [0.15, 0.2) is 60.7 Å². The fraction of sp³-hybridized carbons (Fsp3) is 0.143. The monoisotopic (exact) mass is 258 g/mol. The molecule has 0 atom stereocenters. The Bertz CT molecular complexity index is 341. The molecule has 15 heavy (non-hydrogen) atoms. The molecule has 2 aromatic rings. The average molecular weight is 257 g/mol. The Kier molecular flexibility index (Phi) is 4.03. The Labute approximate surface area is 97.8 Å². The van der Waals surface area contributed by atoms with E-state index in [0.717, 1.165) is 0 Å². The molecule has 0 saturated heterocycles. The van der Waals surface area contributed by atoms with Gasteiger partial charge in [0.1, 0.15) is 0 Å². The molecule has 76 valence electrons. The topological polar surface area (TPSA) is 0 Å². The molecule has 2 aromatic carbocycles. The van der Waals surface area contributed by atoms with Crippen LogP contribution in [-0.4, -0.2) is 15.4 Å². The minimum atomic E-state index is -0.411. The molecule has 0 aromatic heterocycles. The molecule has 0 saturated carbocycles. The van der Waals surface area contributed by atoms with Crippen LogP contribution in [0.4, 0.5) is 0 Å². The predicted octanol–water partition coefficient (Wildman–Crippen LogP) is 2.56. The van der Waals surface area contributed by atoms with Crippen LogP contribution in [0.25, 0.3) is 0 Å². The molecule has 0 radical (unpaired) electrons. The number of hydrogen-bond acceptors (Lipinski definition) is 0. The molecule has 0 aliphatic rings. The van der Waals surface area contributed by atoms with Crippen molar-refractivity contribution >= 4 is 15.4 Å². The molecule has 0 aliphatic heterocycles. The van der Waals surface area contributed by atoms with E-state index >= 15 is 0 Å². The van der Waals surface area contributed by atoms with Crippen LogP contribution in [0.3, 0.4) is 0 Å². The first-order valence-corrected chi connectivity index (χ1v) is 9.72. The van der Waals surface area contributed by atoms with Crippen LogP contribution < -0.4 is 0 Å². The molecule has 0 nitrogen and oxygen atoms in total. The van der Waals surface area contributed by atoms with E-state index in [1.165, 1.54) is 21.6 Å². The second kappa shape index (κ2) is 5.76. The minimum absolute atomic E-state index is 0.411. The summed E-state index contributed by atoms with van der Waals surface area (Å²) in [6.07, 6.45) is 0. The van der Waals surface area contributed by atoms with Crippen LogP contribution in [-0.2, 0) is 10.5 Å². The summed E-state index contributed by atoms with van der Waals surface area (Å²) in [7, 11) is 0. The Balaban J connectivity index is 1.81. The molecule has 0 fully saturated rings. The quantitative estimate of drug-likeness (QED) is 0.738. The van der Waals surface area contributed by atoms with E-state index in [9.17, 15) is 0 Å². The number of hydrogen-bond donors (Lipinski definition) is 0. The Morgan fingerprint density at radius 3 is 1.40 bits per heavy atom. The van der Waals surface area contributed by atoms with Gasteiger partial charge in [-0.2, -0.15) is 0 Å². The molecule has 0 amide bonds. The van der Waals surface area contributed by atoms with Crippen LogP contribution in [0.2, 0.25) is 0 Å². The summed E-state index contributed by atoms with van der Waals surface area (Å²) in [6.45, 7) is 0. The van der Waals surface area contributed by atoms with Crippen molar-refractivity contribution in [2.24, 2.45) is 0 Å². The maximum atomic E-state index is 2.25. The van der Waals surface area contributed by atoms with Gasteiger partial charge >= 0.3 is 97.7 Å². The molecule has 0 N–H and O–H groups in total. The summed E-state index contributed by atoms with van der Waals surface area (Å²) in [5.41, 5.74) is 3.04. The second-order valence-corrected chi connectivity index (χ2v) is 7.41. The summed E-state index contributed by atoms with van der Waals surface area (Å²) < 4.78 is 0. The van der Waals surface area contributed by atoms with E-state index in [-0.39, 0.29) is 0 Å². The zero-order chi connectivity index (χ0) is 10.3. The zero-order valence-corrected chi connectivity index (χ0v) is 11.9. The molecule has 0 unspecified atom stereocenters. The van der Waals surface area contributed by atoms with Gasteiger partial charge in [0.05, 0.1) is 0 Å². The predicted molar refractivity (Wildman–Crippen MR) is 68.8 cm³/mol. The first-order chi connectivity index (χ1) is 7.45. The SMILES string of the molecule is c1ccc([CH2][GeH2][CH2]c2ccccc2)cc1. The molecular formula is C14H16Ge. The van der Waals surface area contributed by atoms with Gasteiger partial charge in [-0.15, -0.1) is 0 Å². The first kappa shape index (κ1) is 10.5. The molecule has 2 rings (SSSR count). The fourth-order valence-corrected chi connectivity index (χ4v) is 5.27. The van der Waals surface area contributed by atoms with Crippen molar-refractivity contribution in [3.8, 4) is 0 Å². The molecule has 0 bridgehead atoms. The fourth-order valence-electron chi connectivity index (χ4n) is 1.79. The van der Waals surface area contributed by atoms with Gasteiger partial charge in [-0.05, 0) is 0 Å². The van der Waals surface area contributed by atoms with E-state index < -0.39 is 15.4 Å². The van der Waals surface area contributed by atoms with Gasteiger partial charge in [0.2, 0.25) is 0 Å². The first-order valence-electron chi connectivity index (χ1n) is 5.53. The van der Waals surface area contributed by atoms with Gasteiger partial charge in [-0.3, -0.25) is 0 Å². The van der Waals surface area contributed by atoms with E-state index in [0.29, 0.717) is 0 Å². The van der Waals surface area contributed by atoms with Gasteiger partial charge in [-0.1, -0.05) is 0 Å². The van der Waals surface area contributed by atoms with Crippen molar-refractivity contribution < 1.29 is 0 Å². The van der Waals surface area contributed by atoms with Gasteiger partial charge in [-0.25, -0.2) is 0 Å². The number of rotatable bonds is 4. The Hall–Kier alpha value is -1.02. The van der Waals surface area contributed by atoms with Gasteiger partial charge in [0.15, 0.2) is 0 Å². The van der Waals surface area contributed by atoms with E-state index in [2.05, 4.69) is 60.7 Å². The third-order valence-electron chi connectivity index (χ3n) is 2.62. The van der Waals surface area contributed by atoms with Crippen molar-refractivity contribution in [3.63, 3.8) is 0 Å². The van der Waals surface area contributed by atoms with Crippen LogP contribution in [0.1, 0.15) is 11.1 Å². The summed E-state index contributed by atoms with van der Waals surface area (Å²) in [6, 6.07) is 21.7. The number of benzene rings is 2. The maximum absolute atomic E-state index is 2.25. The third kappa shape index (κ3) is 3.56. The van der Waals surface area contributed by atoms with Crippen molar-refractivity contribution in [2.45, 2.75) is 10.5 Å². The Morgan fingerprint density at radius 1 is 0.600 bits per heavy atom. The van der Waals surface area contributed by atoms with Crippen LogP contribution in [0.5, 0.6) is 0 Å². The van der Waals surface area contributed by atoms with E-state index in [1.54, 1.807) is 0 Å². The van der Waals surface area contributed by atoms with Crippen LogP contribution >= 0.6 is 0 Å². The average Bonchev–Trinajstić information content (AvgIpc) is 2.32. The summed E-state index contributed by atoms with van der Waals surface area (Å²) in [5, 5.41) is 2.73. The molecule has 0 heterocycles. The molecule has 1 heteroatoms. The van der Waals surface area contributed by atoms with Crippen molar-refractivity contribution in [1.29, 1.82) is 0 Å². The van der Waals surface area contributed by atoms with E-state index in [4.69, 9.17) is 0 Å². The second-order valence-electron chi connectivity index (χ2n) is 3.82. The van der Waals surface area contributed by atoms with Gasteiger partial charge in [0, 0.05) is 0 Å². The van der Waals surface area contributed by atoms with Gasteiger partial charge < -0.3 is 0 Å². The normalized spacial score (nSPS) is 10.1. The van der Waals surface area contributed by atoms with Crippen LogP contribution in [0, 0.1) is 0 Å². The summed E-state index contributed by atoms with van der Waals surface area (Å²) in [5.74, 6) is 0. The van der Waals surface area contributed by atoms with Crippen molar-refractivity contribution in [3.05, 3.63) is 71.8 Å². The summed E-state index contributed by atoms with van der Waals surface area (Å²) in [4.78, 5) is 0. The zero-order valence-electron chi connectivity index (χ0n) is 8.89. The van der Waals surface area contributed by atoms with E-state index in [1.807, 2.05) is 0 Å². The molecule has 0 spiro atoms. The molecular weight excluding hydrogens is 241 g/mol. The summed E-state index contributed by atoms with van der Waals surface area (Å²) >= 11 is -0.411. The van der Waals surface area contributed by atoms with Crippen molar-refractivity contribution in [1.82, 2.24) is 0 Å². The van der Waals surface area contributed by atoms with Crippen molar-refractivity contribution in [2.75, 3.05) is 0 Å².